The van der Waals surface area contributed by atoms with Crippen LogP contribution in [-0.2, 0) is 6.42 Å². The van der Waals surface area contributed by atoms with E-state index in [0.717, 1.165) is 12.2 Å². The zero-order valence-corrected chi connectivity index (χ0v) is 12.2. The number of nitrogens with zero attached hydrogens (tertiary/aromatic N) is 2. The van der Waals surface area contributed by atoms with Crippen molar-refractivity contribution in [1.82, 2.24) is 9.78 Å². The first-order valence-corrected chi connectivity index (χ1v) is 6.70. The van der Waals surface area contributed by atoms with E-state index >= 15 is 0 Å². The zero-order valence-electron chi connectivity index (χ0n) is 10.6. The highest BCUT2D eigenvalue weighted by Gasteiger charge is 2.22. The molecule has 0 aromatic carbocycles. The van der Waals surface area contributed by atoms with Crippen LogP contribution in [0.15, 0.2) is 27.2 Å². The molecule has 2 aromatic rings. The highest BCUT2D eigenvalue weighted by molar-refractivity contribution is 9.10. The minimum Gasteiger partial charge on any atom is -0.458 e. The second-order valence-corrected chi connectivity index (χ2v) is 5.18. The van der Waals surface area contributed by atoms with E-state index < -0.39 is 0 Å². The lowest BCUT2D eigenvalue weighted by Crippen LogP contribution is -2.13. The van der Waals surface area contributed by atoms with Gasteiger partial charge in [-0.25, -0.2) is 0 Å². The molecule has 0 spiro atoms. The fourth-order valence-corrected chi connectivity index (χ4v) is 2.21. The molecule has 0 aliphatic rings. The molecular weight excluding hydrogens is 296 g/mol. The second-order valence-electron chi connectivity index (χ2n) is 4.33. The van der Waals surface area contributed by atoms with Gasteiger partial charge in [-0.2, -0.15) is 5.10 Å². The van der Waals surface area contributed by atoms with Crippen molar-refractivity contribution in [1.29, 1.82) is 0 Å². The number of carbonyl (C=O) groups excluding carboxylic acids is 1. The summed E-state index contributed by atoms with van der Waals surface area (Å²) in [5.74, 6) is 1.02. The predicted molar refractivity (Wildman–Crippen MR) is 71.8 cm³/mol. The monoisotopic (exact) mass is 310 g/mol. The Labute approximate surface area is 114 Å². The third-order valence-corrected chi connectivity index (χ3v) is 3.27. The first-order valence-electron chi connectivity index (χ1n) is 5.91. The molecule has 0 aliphatic heterocycles. The molecule has 0 aliphatic carbocycles. The molecule has 0 bridgehead atoms. The van der Waals surface area contributed by atoms with Gasteiger partial charge in [-0.15, -0.1) is 0 Å². The Morgan fingerprint density at radius 3 is 2.78 bits per heavy atom. The van der Waals surface area contributed by atoms with E-state index in [0.29, 0.717) is 15.9 Å². The molecule has 0 fully saturated rings. The smallest absolute Gasteiger partial charge is 0.247 e. The van der Waals surface area contributed by atoms with Crippen LogP contribution < -0.4 is 0 Å². The summed E-state index contributed by atoms with van der Waals surface area (Å²) in [5, 5.41) is 4.20. The highest BCUT2D eigenvalue weighted by atomic mass is 79.9. The normalized spacial score (nSPS) is 11.2. The molecule has 0 saturated heterocycles. The van der Waals surface area contributed by atoms with Crippen molar-refractivity contribution in [3.8, 4) is 0 Å². The Morgan fingerprint density at radius 1 is 1.50 bits per heavy atom. The fourth-order valence-electron chi connectivity index (χ4n) is 1.75. The van der Waals surface area contributed by atoms with Gasteiger partial charge in [0.2, 0.25) is 5.78 Å². The number of aromatic nitrogens is 2. The number of rotatable bonds is 4. The Kier molecular flexibility index (Phi) is 3.71. The Morgan fingerprint density at radius 2 is 2.22 bits per heavy atom. The number of hydrogen-bond acceptors (Lipinski definition) is 3. The van der Waals surface area contributed by atoms with Crippen LogP contribution in [0.3, 0.4) is 0 Å². The Bertz CT molecular complexity index is 569. The van der Waals surface area contributed by atoms with Crippen LogP contribution in [-0.4, -0.2) is 15.6 Å². The number of furan rings is 1. The molecule has 0 radical (unpaired) electrons. The van der Waals surface area contributed by atoms with Gasteiger partial charge in [0.15, 0.2) is 5.76 Å². The average molecular weight is 311 g/mol. The van der Waals surface area contributed by atoms with Gasteiger partial charge in [-0.1, -0.05) is 6.92 Å². The van der Waals surface area contributed by atoms with E-state index in [-0.39, 0.29) is 11.8 Å². The van der Waals surface area contributed by atoms with Crippen molar-refractivity contribution in [2.24, 2.45) is 0 Å². The lowest BCUT2D eigenvalue weighted by Gasteiger charge is -2.09. The molecule has 96 valence electrons. The summed E-state index contributed by atoms with van der Waals surface area (Å²) in [6.45, 7) is 5.95. The first kappa shape index (κ1) is 13.1. The Balaban J connectivity index is 2.42. The van der Waals surface area contributed by atoms with Crippen molar-refractivity contribution >= 4 is 21.7 Å². The van der Waals surface area contributed by atoms with Gasteiger partial charge < -0.3 is 4.42 Å². The standard InChI is InChI=1S/C13H15BrN2O2/c1-4-9-5-6-11(18-9)13(17)12-10(14)7-15-16(12)8(2)3/h5-8H,4H2,1-3H3. The van der Waals surface area contributed by atoms with E-state index in [1.165, 1.54) is 0 Å². The van der Waals surface area contributed by atoms with Gasteiger partial charge in [-0.05, 0) is 41.9 Å². The molecule has 0 saturated carbocycles. The van der Waals surface area contributed by atoms with Crippen LogP contribution in [0.5, 0.6) is 0 Å². The van der Waals surface area contributed by atoms with Gasteiger partial charge >= 0.3 is 0 Å². The SMILES string of the molecule is CCc1ccc(C(=O)c2c(Br)cnn2C(C)C)o1. The first-order chi connectivity index (χ1) is 8.54. The summed E-state index contributed by atoms with van der Waals surface area (Å²) in [6, 6.07) is 3.67. The summed E-state index contributed by atoms with van der Waals surface area (Å²) in [5.41, 5.74) is 0.530. The van der Waals surface area contributed by atoms with Gasteiger partial charge in [0.1, 0.15) is 11.5 Å². The number of carbonyl (C=O) groups is 1. The van der Waals surface area contributed by atoms with E-state index in [4.69, 9.17) is 4.42 Å². The zero-order chi connectivity index (χ0) is 13.3. The van der Waals surface area contributed by atoms with Crippen LogP contribution in [0.1, 0.15) is 48.8 Å². The minimum atomic E-state index is -0.146. The van der Waals surface area contributed by atoms with Crippen LogP contribution in [0.25, 0.3) is 0 Å². The molecule has 4 nitrogen and oxygen atoms in total. The molecule has 5 heteroatoms. The molecule has 2 heterocycles. The van der Waals surface area contributed by atoms with Crippen molar-refractivity contribution in [3.05, 3.63) is 40.0 Å². The maximum atomic E-state index is 12.4. The number of halogens is 1. The van der Waals surface area contributed by atoms with Crippen LogP contribution in [0.2, 0.25) is 0 Å². The third kappa shape index (κ3) is 2.27. The summed E-state index contributed by atoms with van der Waals surface area (Å²) in [4.78, 5) is 12.4. The van der Waals surface area contributed by atoms with Gasteiger partial charge in [0.05, 0.1) is 10.7 Å². The average Bonchev–Trinajstić information content (AvgIpc) is 2.94. The predicted octanol–water partition coefficient (Wildman–Crippen LogP) is 3.61. The molecular formula is C13H15BrN2O2. The minimum absolute atomic E-state index is 0.121. The number of hydrogen-bond donors (Lipinski definition) is 0. The third-order valence-electron chi connectivity index (χ3n) is 2.69. The van der Waals surface area contributed by atoms with Crippen molar-refractivity contribution in [2.75, 3.05) is 0 Å². The summed E-state index contributed by atoms with van der Waals surface area (Å²) >= 11 is 3.36. The maximum Gasteiger partial charge on any atom is 0.247 e. The molecule has 0 N–H and O–H groups in total. The van der Waals surface area contributed by atoms with Crippen LogP contribution in [0, 0.1) is 0 Å². The van der Waals surface area contributed by atoms with Crippen molar-refractivity contribution < 1.29 is 9.21 Å². The van der Waals surface area contributed by atoms with Gasteiger partial charge in [-0.3, -0.25) is 9.48 Å². The second kappa shape index (κ2) is 5.10. The molecule has 2 aromatic heterocycles. The number of aryl methyl sites for hydroxylation is 1. The Hall–Kier alpha value is -1.36. The molecule has 0 unspecified atom stereocenters. The molecule has 0 atom stereocenters. The lowest BCUT2D eigenvalue weighted by atomic mass is 10.2. The molecule has 0 amide bonds. The van der Waals surface area contributed by atoms with E-state index in [9.17, 15) is 4.79 Å². The number of ketones is 1. The highest BCUT2D eigenvalue weighted by Crippen LogP contribution is 2.23. The van der Waals surface area contributed by atoms with E-state index in [2.05, 4.69) is 21.0 Å². The van der Waals surface area contributed by atoms with Crippen LogP contribution in [0.4, 0.5) is 0 Å². The largest absolute Gasteiger partial charge is 0.458 e. The van der Waals surface area contributed by atoms with Crippen molar-refractivity contribution in [2.45, 2.75) is 33.2 Å². The van der Waals surface area contributed by atoms with Gasteiger partial charge in [0, 0.05) is 12.5 Å². The summed E-state index contributed by atoms with van der Waals surface area (Å²) < 4.78 is 7.88. The lowest BCUT2D eigenvalue weighted by molar-refractivity contribution is 0.0995. The van der Waals surface area contributed by atoms with Crippen LogP contribution >= 0.6 is 15.9 Å². The summed E-state index contributed by atoms with van der Waals surface area (Å²) in [7, 11) is 0. The van der Waals surface area contributed by atoms with E-state index in [1.807, 2.05) is 26.8 Å². The van der Waals surface area contributed by atoms with Gasteiger partial charge in [0.25, 0.3) is 0 Å². The quantitative estimate of drug-likeness (QED) is 0.810. The van der Waals surface area contributed by atoms with E-state index in [1.54, 1.807) is 16.9 Å². The molecule has 18 heavy (non-hydrogen) atoms. The maximum absolute atomic E-state index is 12.4. The topological polar surface area (TPSA) is 48.0 Å². The molecule has 2 rings (SSSR count). The summed E-state index contributed by atoms with van der Waals surface area (Å²) in [6.07, 6.45) is 2.41. The fraction of sp³-hybridized carbons (Fsp3) is 0.385. The van der Waals surface area contributed by atoms with Crippen molar-refractivity contribution in [3.63, 3.8) is 0 Å².